The number of unbranched alkanes of at least 4 members (excludes halogenated alkanes) is 1. The van der Waals surface area contributed by atoms with E-state index in [0.717, 1.165) is 83.2 Å². The maximum absolute atomic E-state index is 5.96. The first-order chi connectivity index (χ1) is 12.8. The number of nitrogens with zero attached hydrogens (tertiary/aromatic N) is 3. The molecule has 2 fully saturated rings. The van der Waals surface area contributed by atoms with Crippen LogP contribution in [0.1, 0.15) is 43.3 Å². The van der Waals surface area contributed by atoms with Gasteiger partial charge in [-0.3, -0.25) is 4.99 Å². The molecule has 0 saturated carbocycles. The Kier molecular flexibility index (Phi) is 10.3. The van der Waals surface area contributed by atoms with E-state index in [4.69, 9.17) is 14.5 Å². The quantitative estimate of drug-likeness (QED) is 0.265. The van der Waals surface area contributed by atoms with Gasteiger partial charge in [0.1, 0.15) is 6.10 Å². The maximum Gasteiger partial charge on any atom is 0.194 e. The molecule has 0 aromatic carbocycles. The molecular weight excluding hydrogens is 475 g/mol. The number of rotatable bonds is 7. The van der Waals surface area contributed by atoms with E-state index < -0.39 is 0 Å². The molecule has 2 saturated heterocycles. The van der Waals surface area contributed by atoms with Crippen molar-refractivity contribution in [2.45, 2.75) is 58.2 Å². The fraction of sp³-hybridized carbons (Fsp3) is 0.789. The topological polar surface area (TPSA) is 59.0 Å². The second-order valence-electron chi connectivity index (χ2n) is 6.98. The van der Waals surface area contributed by atoms with Gasteiger partial charge in [0.15, 0.2) is 5.96 Å². The molecule has 0 aliphatic carbocycles. The molecule has 0 spiro atoms. The van der Waals surface area contributed by atoms with Gasteiger partial charge in [0.2, 0.25) is 0 Å². The van der Waals surface area contributed by atoms with Crippen molar-refractivity contribution in [2.75, 3.05) is 39.4 Å². The lowest BCUT2D eigenvalue weighted by molar-refractivity contribution is -0.0817. The number of thiazole rings is 1. The summed E-state index contributed by atoms with van der Waals surface area (Å²) in [6, 6.07) is 0. The molecule has 6 nitrogen and oxygen atoms in total. The lowest BCUT2D eigenvalue weighted by atomic mass is 10.1. The lowest BCUT2D eigenvalue weighted by Gasteiger charge is -2.37. The Morgan fingerprint density at radius 2 is 2.19 bits per heavy atom. The van der Waals surface area contributed by atoms with Crippen molar-refractivity contribution in [1.82, 2.24) is 15.2 Å². The zero-order valence-corrected chi connectivity index (χ0v) is 19.6. The van der Waals surface area contributed by atoms with Crippen molar-refractivity contribution in [2.24, 2.45) is 4.99 Å². The van der Waals surface area contributed by atoms with Gasteiger partial charge in [0.25, 0.3) is 0 Å². The number of hydrogen-bond donors (Lipinski definition) is 1. The van der Waals surface area contributed by atoms with Gasteiger partial charge >= 0.3 is 0 Å². The molecule has 3 rings (SSSR count). The highest BCUT2D eigenvalue weighted by molar-refractivity contribution is 14.0. The highest BCUT2D eigenvalue weighted by atomic mass is 127. The third kappa shape index (κ3) is 7.14. The molecule has 2 unspecified atom stereocenters. The molecule has 8 heteroatoms. The van der Waals surface area contributed by atoms with Crippen LogP contribution >= 0.6 is 35.3 Å². The van der Waals surface area contributed by atoms with Crippen LogP contribution in [0.15, 0.2) is 10.4 Å². The summed E-state index contributed by atoms with van der Waals surface area (Å²) in [5.41, 5.74) is 1.13. The number of halogens is 1. The van der Waals surface area contributed by atoms with Crippen LogP contribution in [0.2, 0.25) is 0 Å². The molecule has 0 bridgehead atoms. The first kappa shape index (κ1) is 22.8. The van der Waals surface area contributed by atoms with Gasteiger partial charge in [-0.15, -0.1) is 35.3 Å². The van der Waals surface area contributed by atoms with Gasteiger partial charge in [-0.2, -0.15) is 0 Å². The number of hydrogen-bond acceptors (Lipinski definition) is 5. The summed E-state index contributed by atoms with van der Waals surface area (Å²) in [5.74, 6) is 1.02. The van der Waals surface area contributed by atoms with Crippen LogP contribution in [0.4, 0.5) is 0 Å². The summed E-state index contributed by atoms with van der Waals surface area (Å²) >= 11 is 1.76. The fourth-order valence-electron chi connectivity index (χ4n) is 3.50. The molecule has 1 N–H and O–H groups in total. The van der Waals surface area contributed by atoms with Crippen LogP contribution in [0.25, 0.3) is 0 Å². The Balaban J connectivity index is 0.00000261. The number of aromatic nitrogens is 1. The van der Waals surface area contributed by atoms with E-state index in [1.54, 1.807) is 11.3 Å². The summed E-state index contributed by atoms with van der Waals surface area (Å²) in [7, 11) is 0. The third-order valence-corrected chi connectivity index (χ3v) is 5.86. The molecule has 0 radical (unpaired) electrons. The first-order valence-corrected chi connectivity index (χ1v) is 10.8. The molecule has 3 heterocycles. The fourth-order valence-corrected chi connectivity index (χ4v) is 4.32. The summed E-state index contributed by atoms with van der Waals surface area (Å²) < 4.78 is 11.8. The van der Waals surface area contributed by atoms with Crippen LogP contribution in [-0.2, 0) is 15.9 Å². The Labute approximate surface area is 184 Å². The molecule has 2 aliphatic heterocycles. The summed E-state index contributed by atoms with van der Waals surface area (Å²) in [6.45, 7) is 9.31. The highest BCUT2D eigenvalue weighted by Crippen LogP contribution is 2.21. The van der Waals surface area contributed by atoms with Gasteiger partial charge in [0, 0.05) is 43.9 Å². The van der Waals surface area contributed by atoms with E-state index in [0.29, 0.717) is 0 Å². The van der Waals surface area contributed by atoms with Crippen molar-refractivity contribution in [3.63, 3.8) is 0 Å². The SMILES string of the molecule is CCNC(=NCCCCc1nc(C)cs1)N1CCOC(C2CCCO2)C1.I. The maximum atomic E-state index is 5.96. The summed E-state index contributed by atoms with van der Waals surface area (Å²) in [4.78, 5) is 11.7. The number of ether oxygens (including phenoxy) is 2. The summed E-state index contributed by atoms with van der Waals surface area (Å²) in [5, 5.41) is 6.81. The monoisotopic (exact) mass is 508 g/mol. The molecule has 154 valence electrons. The summed E-state index contributed by atoms with van der Waals surface area (Å²) in [6.07, 6.45) is 5.97. The van der Waals surface area contributed by atoms with Gasteiger partial charge < -0.3 is 19.7 Å². The minimum absolute atomic E-state index is 0. The first-order valence-electron chi connectivity index (χ1n) is 9.93. The second kappa shape index (κ2) is 12.2. The van der Waals surface area contributed by atoms with E-state index in [9.17, 15) is 0 Å². The van der Waals surface area contributed by atoms with Crippen LogP contribution in [0, 0.1) is 6.92 Å². The second-order valence-corrected chi connectivity index (χ2v) is 7.92. The molecular formula is C19H33IN4O2S. The highest BCUT2D eigenvalue weighted by Gasteiger charge is 2.32. The minimum atomic E-state index is 0. The number of nitrogens with one attached hydrogen (secondary N) is 1. The van der Waals surface area contributed by atoms with Crippen molar-refractivity contribution in [1.29, 1.82) is 0 Å². The standard InChI is InChI=1S/C19H32N4O2S.HI/c1-3-20-19(21-9-5-4-8-18-22-15(2)14-26-18)23-10-12-25-17(13-23)16-7-6-11-24-16;/h14,16-17H,3-13H2,1-2H3,(H,20,21);1H. The third-order valence-electron chi connectivity index (χ3n) is 4.83. The van der Waals surface area contributed by atoms with Crippen molar-refractivity contribution < 1.29 is 9.47 Å². The Morgan fingerprint density at radius 3 is 2.89 bits per heavy atom. The zero-order valence-electron chi connectivity index (χ0n) is 16.5. The Morgan fingerprint density at radius 1 is 1.33 bits per heavy atom. The van der Waals surface area contributed by atoms with Crippen LogP contribution in [0.3, 0.4) is 0 Å². The number of morpholine rings is 1. The van der Waals surface area contributed by atoms with E-state index in [1.807, 2.05) is 0 Å². The molecule has 1 aromatic rings. The molecule has 2 aliphatic rings. The van der Waals surface area contributed by atoms with E-state index >= 15 is 0 Å². The van der Waals surface area contributed by atoms with Crippen molar-refractivity contribution in [3.8, 4) is 0 Å². The molecule has 2 atom stereocenters. The van der Waals surface area contributed by atoms with E-state index in [-0.39, 0.29) is 36.2 Å². The van der Waals surface area contributed by atoms with Crippen LogP contribution in [0.5, 0.6) is 0 Å². The number of aliphatic imine (C=N–C) groups is 1. The number of guanidine groups is 1. The number of aryl methyl sites for hydroxylation is 2. The Hall–Kier alpha value is -0.450. The smallest absolute Gasteiger partial charge is 0.194 e. The van der Waals surface area contributed by atoms with Gasteiger partial charge in [-0.1, -0.05) is 0 Å². The molecule has 0 amide bonds. The molecule has 1 aromatic heterocycles. The van der Waals surface area contributed by atoms with E-state index in [2.05, 4.69) is 34.4 Å². The normalized spacial score (nSPS) is 23.3. The minimum Gasteiger partial charge on any atom is -0.375 e. The lowest BCUT2D eigenvalue weighted by Crippen LogP contribution is -2.53. The molecule has 27 heavy (non-hydrogen) atoms. The average Bonchev–Trinajstić information content (AvgIpc) is 3.32. The van der Waals surface area contributed by atoms with Gasteiger partial charge in [0.05, 0.1) is 17.7 Å². The largest absolute Gasteiger partial charge is 0.375 e. The Bertz CT molecular complexity index is 578. The van der Waals surface area contributed by atoms with Crippen LogP contribution < -0.4 is 5.32 Å². The van der Waals surface area contributed by atoms with Crippen molar-refractivity contribution >= 4 is 41.3 Å². The van der Waals surface area contributed by atoms with Crippen LogP contribution in [-0.4, -0.2) is 67.4 Å². The van der Waals surface area contributed by atoms with Gasteiger partial charge in [-0.05, 0) is 46.0 Å². The predicted molar refractivity (Wildman–Crippen MR) is 121 cm³/mol. The average molecular weight is 508 g/mol. The van der Waals surface area contributed by atoms with Crippen molar-refractivity contribution in [3.05, 3.63) is 16.1 Å². The van der Waals surface area contributed by atoms with E-state index in [1.165, 1.54) is 5.01 Å². The zero-order chi connectivity index (χ0) is 18.2. The predicted octanol–water partition coefficient (Wildman–Crippen LogP) is 3.24. The van der Waals surface area contributed by atoms with Gasteiger partial charge in [-0.25, -0.2) is 4.98 Å².